The third kappa shape index (κ3) is 6.00. The minimum Gasteiger partial charge on any atom is -0.385 e. The molecule has 0 saturated heterocycles. The molecule has 0 unspecified atom stereocenters. The summed E-state index contributed by atoms with van der Waals surface area (Å²) in [5, 5.41) is 5.55. The number of aromatic nitrogens is 1. The van der Waals surface area contributed by atoms with Crippen molar-refractivity contribution in [1.82, 2.24) is 10.3 Å². The Balaban J connectivity index is 2.16. The average molecular weight is 277 g/mol. The molecular weight excluding hydrogens is 260 g/mol. The van der Waals surface area contributed by atoms with Crippen LogP contribution in [0.3, 0.4) is 0 Å². The molecule has 1 N–H and O–H groups in total. The summed E-state index contributed by atoms with van der Waals surface area (Å²) >= 11 is 7.11. The molecular formula is C11H17ClN2O2S. The highest BCUT2D eigenvalue weighted by atomic mass is 35.5. The second-order valence-electron chi connectivity index (χ2n) is 3.59. The number of halogens is 1. The van der Waals surface area contributed by atoms with Crippen molar-refractivity contribution in [3.63, 3.8) is 0 Å². The van der Waals surface area contributed by atoms with Crippen molar-refractivity contribution in [3.05, 3.63) is 16.1 Å². The van der Waals surface area contributed by atoms with E-state index in [0.717, 1.165) is 30.2 Å². The zero-order valence-electron chi connectivity index (χ0n) is 9.87. The first-order valence-corrected chi connectivity index (χ1v) is 6.92. The van der Waals surface area contributed by atoms with Crippen LogP contribution < -0.4 is 5.32 Å². The van der Waals surface area contributed by atoms with Gasteiger partial charge in [0.25, 0.3) is 0 Å². The van der Waals surface area contributed by atoms with Gasteiger partial charge < -0.3 is 10.1 Å². The molecule has 1 heterocycles. The number of hydrogen-bond donors (Lipinski definition) is 1. The smallest absolute Gasteiger partial charge is 0.226 e. The molecule has 0 aliphatic rings. The highest BCUT2D eigenvalue weighted by Gasteiger charge is 2.06. The molecule has 4 nitrogen and oxygen atoms in total. The van der Waals surface area contributed by atoms with E-state index in [1.807, 2.05) is 5.38 Å². The Bertz CT molecular complexity index is 344. The number of carbonyl (C=O) groups excluding carboxylic acids is 1. The van der Waals surface area contributed by atoms with Crippen LogP contribution in [-0.4, -0.2) is 31.2 Å². The number of ether oxygens (including phenoxy) is 1. The maximum atomic E-state index is 11.5. The Morgan fingerprint density at radius 3 is 3.06 bits per heavy atom. The van der Waals surface area contributed by atoms with Gasteiger partial charge in [-0.05, 0) is 12.8 Å². The maximum Gasteiger partial charge on any atom is 0.226 e. The molecule has 1 aromatic rings. The van der Waals surface area contributed by atoms with Gasteiger partial charge in [-0.1, -0.05) is 0 Å². The summed E-state index contributed by atoms with van der Waals surface area (Å²) in [6.07, 6.45) is 2.24. The molecule has 0 bridgehead atoms. The van der Waals surface area contributed by atoms with Gasteiger partial charge in [-0.2, -0.15) is 0 Å². The van der Waals surface area contributed by atoms with Crippen LogP contribution in [0.5, 0.6) is 0 Å². The summed E-state index contributed by atoms with van der Waals surface area (Å²) in [5.74, 6) is 0.410. The molecule has 0 aliphatic heterocycles. The number of thiazole rings is 1. The Kier molecular flexibility index (Phi) is 7.16. The summed E-state index contributed by atoms with van der Waals surface area (Å²) in [6, 6.07) is 0. The summed E-state index contributed by atoms with van der Waals surface area (Å²) in [6.45, 7) is 1.43. The number of nitrogens with zero attached hydrogens (tertiary/aromatic N) is 1. The lowest BCUT2D eigenvalue weighted by Crippen LogP contribution is -2.26. The minimum atomic E-state index is 0.0119. The number of nitrogens with one attached hydrogen (secondary N) is 1. The van der Waals surface area contributed by atoms with E-state index < -0.39 is 0 Å². The highest BCUT2D eigenvalue weighted by molar-refractivity contribution is 7.09. The molecule has 0 aromatic carbocycles. The first-order valence-electron chi connectivity index (χ1n) is 5.51. The lowest BCUT2D eigenvalue weighted by Gasteiger charge is -2.03. The summed E-state index contributed by atoms with van der Waals surface area (Å²) in [4.78, 5) is 15.8. The van der Waals surface area contributed by atoms with Crippen LogP contribution in [0.2, 0.25) is 0 Å². The molecule has 0 atom stereocenters. The van der Waals surface area contributed by atoms with E-state index in [0.29, 0.717) is 18.8 Å². The molecule has 96 valence electrons. The Labute approximate surface area is 110 Å². The second-order valence-corrected chi connectivity index (χ2v) is 4.80. The van der Waals surface area contributed by atoms with E-state index in [2.05, 4.69) is 10.3 Å². The van der Waals surface area contributed by atoms with Gasteiger partial charge in [0.15, 0.2) is 0 Å². The zero-order valence-corrected chi connectivity index (χ0v) is 11.4. The molecule has 0 aliphatic carbocycles. The van der Waals surface area contributed by atoms with Crippen molar-refractivity contribution in [2.24, 2.45) is 0 Å². The average Bonchev–Trinajstić information content (AvgIpc) is 2.76. The second kappa shape index (κ2) is 8.44. The normalized spacial score (nSPS) is 10.5. The predicted octanol–water partition coefficient (Wildman–Crippen LogP) is 1.97. The topological polar surface area (TPSA) is 51.2 Å². The minimum absolute atomic E-state index is 0.0119. The molecule has 17 heavy (non-hydrogen) atoms. The van der Waals surface area contributed by atoms with Crippen LogP contribution in [0.25, 0.3) is 0 Å². The molecule has 1 rings (SSSR count). The van der Waals surface area contributed by atoms with Crippen molar-refractivity contribution in [2.75, 3.05) is 20.3 Å². The van der Waals surface area contributed by atoms with E-state index in [1.165, 1.54) is 11.3 Å². The van der Waals surface area contributed by atoms with Crippen molar-refractivity contribution >= 4 is 28.8 Å². The number of hydrogen-bond acceptors (Lipinski definition) is 4. The van der Waals surface area contributed by atoms with Gasteiger partial charge in [-0.25, -0.2) is 4.98 Å². The highest BCUT2D eigenvalue weighted by Crippen LogP contribution is 2.11. The molecule has 0 spiro atoms. The van der Waals surface area contributed by atoms with E-state index in [1.54, 1.807) is 7.11 Å². The molecule has 6 heteroatoms. The van der Waals surface area contributed by atoms with Crippen LogP contribution in [0.1, 0.15) is 23.5 Å². The standard InChI is InChI=1S/C11H17ClN2O2S/c1-16-5-3-2-4-13-10(15)6-11-14-9(7-12)8-17-11/h8H,2-7H2,1H3,(H,13,15). The molecule has 1 aromatic heterocycles. The van der Waals surface area contributed by atoms with Crippen molar-refractivity contribution in [3.8, 4) is 0 Å². The summed E-state index contributed by atoms with van der Waals surface area (Å²) < 4.78 is 4.93. The van der Waals surface area contributed by atoms with Gasteiger partial charge in [-0.3, -0.25) is 4.79 Å². The Morgan fingerprint density at radius 2 is 2.41 bits per heavy atom. The molecule has 0 radical (unpaired) electrons. The van der Waals surface area contributed by atoms with E-state index in [4.69, 9.17) is 16.3 Å². The fourth-order valence-corrected chi connectivity index (χ4v) is 2.31. The Morgan fingerprint density at radius 1 is 1.59 bits per heavy atom. The van der Waals surface area contributed by atoms with Gasteiger partial charge in [0.2, 0.25) is 5.91 Å². The number of carbonyl (C=O) groups is 1. The summed E-state index contributed by atoms with van der Waals surface area (Å²) in [5.41, 5.74) is 0.833. The molecule has 0 saturated carbocycles. The van der Waals surface area contributed by atoms with Gasteiger partial charge >= 0.3 is 0 Å². The van der Waals surface area contributed by atoms with Crippen molar-refractivity contribution in [2.45, 2.75) is 25.1 Å². The van der Waals surface area contributed by atoms with Crippen molar-refractivity contribution < 1.29 is 9.53 Å². The lowest BCUT2D eigenvalue weighted by atomic mass is 10.3. The van der Waals surface area contributed by atoms with Gasteiger partial charge in [0.1, 0.15) is 5.01 Å². The number of amides is 1. The third-order valence-corrected chi connectivity index (χ3v) is 3.32. The number of methoxy groups -OCH3 is 1. The van der Waals surface area contributed by atoms with Crippen LogP contribution in [-0.2, 0) is 21.8 Å². The van der Waals surface area contributed by atoms with Crippen LogP contribution >= 0.6 is 22.9 Å². The SMILES string of the molecule is COCCCCNC(=O)Cc1nc(CCl)cs1. The zero-order chi connectivity index (χ0) is 12.5. The Hall–Kier alpha value is -0.650. The van der Waals surface area contributed by atoms with E-state index in [-0.39, 0.29) is 5.91 Å². The monoisotopic (exact) mass is 276 g/mol. The lowest BCUT2D eigenvalue weighted by molar-refractivity contribution is -0.120. The van der Waals surface area contributed by atoms with E-state index >= 15 is 0 Å². The number of alkyl halides is 1. The first kappa shape index (κ1) is 14.4. The quantitative estimate of drug-likeness (QED) is 0.583. The number of unbranched alkanes of at least 4 members (excludes halogenated alkanes) is 1. The maximum absolute atomic E-state index is 11.5. The first-order chi connectivity index (χ1) is 8.26. The van der Waals surface area contributed by atoms with Crippen LogP contribution in [0, 0.1) is 0 Å². The van der Waals surface area contributed by atoms with Gasteiger partial charge in [-0.15, -0.1) is 22.9 Å². The van der Waals surface area contributed by atoms with Gasteiger partial charge in [0, 0.05) is 25.6 Å². The molecule has 0 fully saturated rings. The van der Waals surface area contributed by atoms with Crippen LogP contribution in [0.15, 0.2) is 5.38 Å². The fourth-order valence-electron chi connectivity index (χ4n) is 1.29. The van der Waals surface area contributed by atoms with E-state index in [9.17, 15) is 4.79 Å². The third-order valence-electron chi connectivity index (χ3n) is 2.15. The van der Waals surface area contributed by atoms with Crippen LogP contribution in [0.4, 0.5) is 0 Å². The fraction of sp³-hybridized carbons (Fsp3) is 0.636. The van der Waals surface area contributed by atoms with Gasteiger partial charge in [0.05, 0.1) is 18.0 Å². The van der Waals surface area contributed by atoms with Crippen molar-refractivity contribution in [1.29, 1.82) is 0 Å². The largest absolute Gasteiger partial charge is 0.385 e. The summed E-state index contributed by atoms with van der Waals surface area (Å²) in [7, 11) is 1.68. The number of rotatable bonds is 8. The molecule has 1 amide bonds. The predicted molar refractivity (Wildman–Crippen MR) is 69.5 cm³/mol.